The number of nitrogens with zero attached hydrogens (tertiary/aromatic N) is 2. The van der Waals surface area contributed by atoms with Crippen molar-refractivity contribution in [1.29, 1.82) is 0 Å². The number of hydrogen-bond donors (Lipinski definition) is 2. The average molecular weight is 272 g/mol. The molecule has 1 fully saturated rings. The van der Waals surface area contributed by atoms with E-state index in [1.807, 2.05) is 32.0 Å². The van der Waals surface area contributed by atoms with Crippen molar-refractivity contribution in [3.05, 3.63) is 24.0 Å². The van der Waals surface area contributed by atoms with Gasteiger partial charge in [0.15, 0.2) is 0 Å². The molecule has 1 amide bonds. The van der Waals surface area contributed by atoms with Crippen molar-refractivity contribution < 1.29 is 4.79 Å². The standard InChI is InChI=1S/C15H20N4O/c1-15(2,14(17)20)8-19-12-6-5-10(16)7-11(12)18-13(19)9-3-4-9/h5-7,9H,3-4,8,16H2,1-2H3,(H2,17,20). The van der Waals surface area contributed by atoms with Crippen LogP contribution in [0.15, 0.2) is 18.2 Å². The van der Waals surface area contributed by atoms with Gasteiger partial charge in [-0.1, -0.05) is 0 Å². The molecule has 4 N–H and O–H groups in total. The maximum absolute atomic E-state index is 11.6. The van der Waals surface area contributed by atoms with E-state index in [-0.39, 0.29) is 5.91 Å². The number of imidazole rings is 1. The molecule has 0 saturated heterocycles. The van der Waals surface area contributed by atoms with Crippen LogP contribution in [0.25, 0.3) is 11.0 Å². The Balaban J connectivity index is 2.12. The van der Waals surface area contributed by atoms with Crippen molar-refractivity contribution >= 4 is 22.6 Å². The third-order valence-corrected chi connectivity index (χ3v) is 3.96. The van der Waals surface area contributed by atoms with Crippen LogP contribution in [0.2, 0.25) is 0 Å². The van der Waals surface area contributed by atoms with Crippen molar-refractivity contribution in [1.82, 2.24) is 9.55 Å². The van der Waals surface area contributed by atoms with Crippen molar-refractivity contribution in [2.75, 3.05) is 5.73 Å². The number of aromatic nitrogens is 2. The number of fused-ring (bicyclic) bond motifs is 1. The van der Waals surface area contributed by atoms with E-state index < -0.39 is 5.41 Å². The molecule has 0 spiro atoms. The fourth-order valence-electron chi connectivity index (χ4n) is 2.46. The minimum absolute atomic E-state index is 0.295. The Morgan fingerprint density at radius 2 is 2.15 bits per heavy atom. The highest BCUT2D eigenvalue weighted by molar-refractivity contribution is 5.82. The predicted molar refractivity (Wildman–Crippen MR) is 79.1 cm³/mol. The normalized spacial score (nSPS) is 15.7. The van der Waals surface area contributed by atoms with E-state index in [1.165, 1.54) is 0 Å². The van der Waals surface area contributed by atoms with Crippen LogP contribution in [0, 0.1) is 5.41 Å². The highest BCUT2D eigenvalue weighted by atomic mass is 16.1. The van der Waals surface area contributed by atoms with Crippen molar-refractivity contribution in [3.63, 3.8) is 0 Å². The van der Waals surface area contributed by atoms with Gasteiger partial charge in [-0.25, -0.2) is 4.98 Å². The Kier molecular flexibility index (Phi) is 2.74. The van der Waals surface area contributed by atoms with Gasteiger partial charge in [0.1, 0.15) is 5.82 Å². The summed E-state index contributed by atoms with van der Waals surface area (Å²) in [6.07, 6.45) is 2.33. The number of benzene rings is 1. The third-order valence-electron chi connectivity index (χ3n) is 3.96. The van der Waals surface area contributed by atoms with Gasteiger partial charge in [-0.2, -0.15) is 0 Å². The lowest BCUT2D eigenvalue weighted by atomic mass is 9.92. The maximum atomic E-state index is 11.6. The second-order valence-corrected chi connectivity index (χ2v) is 6.33. The molecule has 106 valence electrons. The summed E-state index contributed by atoms with van der Waals surface area (Å²) in [6.45, 7) is 4.29. The Hall–Kier alpha value is -2.04. The summed E-state index contributed by atoms with van der Waals surface area (Å²) >= 11 is 0. The molecule has 1 aliphatic rings. The van der Waals surface area contributed by atoms with Gasteiger partial charge in [0.2, 0.25) is 5.91 Å². The lowest BCUT2D eigenvalue weighted by molar-refractivity contribution is -0.126. The highest BCUT2D eigenvalue weighted by Crippen LogP contribution is 2.41. The zero-order valence-electron chi connectivity index (χ0n) is 11.9. The number of primary amides is 1. The number of carbonyl (C=O) groups excluding carboxylic acids is 1. The monoisotopic (exact) mass is 272 g/mol. The molecule has 0 unspecified atom stereocenters. The van der Waals surface area contributed by atoms with E-state index in [1.54, 1.807) is 0 Å². The number of hydrogen-bond acceptors (Lipinski definition) is 3. The summed E-state index contributed by atoms with van der Waals surface area (Å²) in [6, 6.07) is 5.73. The van der Waals surface area contributed by atoms with Gasteiger partial charge in [-0.15, -0.1) is 0 Å². The zero-order chi connectivity index (χ0) is 14.5. The number of amides is 1. The Morgan fingerprint density at radius 1 is 1.45 bits per heavy atom. The number of carbonyl (C=O) groups is 1. The van der Waals surface area contributed by atoms with E-state index in [2.05, 4.69) is 4.57 Å². The van der Waals surface area contributed by atoms with Crippen LogP contribution in [0.5, 0.6) is 0 Å². The van der Waals surface area contributed by atoms with Crippen LogP contribution in [0.4, 0.5) is 5.69 Å². The molecule has 2 aromatic rings. The van der Waals surface area contributed by atoms with Crippen LogP contribution < -0.4 is 11.5 Å². The van der Waals surface area contributed by atoms with Gasteiger partial charge in [0.05, 0.1) is 16.4 Å². The second-order valence-electron chi connectivity index (χ2n) is 6.33. The molecule has 0 atom stereocenters. The van der Waals surface area contributed by atoms with Gasteiger partial charge in [0, 0.05) is 18.2 Å². The fourth-order valence-corrected chi connectivity index (χ4v) is 2.46. The van der Waals surface area contributed by atoms with Gasteiger partial charge in [-0.05, 0) is 44.9 Å². The topological polar surface area (TPSA) is 86.9 Å². The van der Waals surface area contributed by atoms with Crippen molar-refractivity contribution in [2.45, 2.75) is 39.2 Å². The molecule has 0 radical (unpaired) electrons. The van der Waals surface area contributed by atoms with Crippen LogP contribution in [-0.2, 0) is 11.3 Å². The Labute approximate surface area is 118 Å². The van der Waals surface area contributed by atoms with Crippen LogP contribution in [0.1, 0.15) is 38.4 Å². The summed E-state index contributed by atoms with van der Waals surface area (Å²) in [4.78, 5) is 16.3. The quantitative estimate of drug-likeness (QED) is 0.835. The molecule has 1 aliphatic carbocycles. The Bertz CT molecular complexity index is 682. The number of anilines is 1. The summed E-state index contributed by atoms with van der Waals surface area (Å²) < 4.78 is 2.14. The van der Waals surface area contributed by atoms with E-state index in [0.29, 0.717) is 18.2 Å². The average Bonchev–Trinajstić information content (AvgIpc) is 3.14. The summed E-state index contributed by atoms with van der Waals surface area (Å²) in [5, 5.41) is 0. The lowest BCUT2D eigenvalue weighted by Gasteiger charge is -2.22. The molecular weight excluding hydrogens is 252 g/mol. The first kappa shape index (κ1) is 13.0. The van der Waals surface area contributed by atoms with Gasteiger partial charge in [-0.3, -0.25) is 4.79 Å². The fraction of sp³-hybridized carbons (Fsp3) is 0.467. The van der Waals surface area contributed by atoms with Crippen LogP contribution in [-0.4, -0.2) is 15.5 Å². The number of nitrogens with two attached hydrogens (primary N) is 2. The maximum Gasteiger partial charge on any atom is 0.224 e. The van der Waals surface area contributed by atoms with E-state index in [4.69, 9.17) is 16.5 Å². The summed E-state index contributed by atoms with van der Waals surface area (Å²) in [5.41, 5.74) is 13.4. The van der Waals surface area contributed by atoms with E-state index in [0.717, 1.165) is 29.7 Å². The number of nitrogen functional groups attached to an aromatic ring is 1. The summed E-state index contributed by atoms with van der Waals surface area (Å²) in [7, 11) is 0. The Morgan fingerprint density at radius 3 is 2.75 bits per heavy atom. The molecule has 5 heteroatoms. The highest BCUT2D eigenvalue weighted by Gasteiger charge is 2.33. The second kappa shape index (κ2) is 4.23. The molecule has 0 bridgehead atoms. The van der Waals surface area contributed by atoms with Gasteiger partial charge < -0.3 is 16.0 Å². The molecule has 3 rings (SSSR count). The lowest BCUT2D eigenvalue weighted by Crippen LogP contribution is -2.35. The molecule has 1 aromatic carbocycles. The van der Waals surface area contributed by atoms with Crippen LogP contribution in [0.3, 0.4) is 0 Å². The molecule has 1 aromatic heterocycles. The largest absolute Gasteiger partial charge is 0.399 e. The van der Waals surface area contributed by atoms with Crippen molar-refractivity contribution in [2.24, 2.45) is 11.1 Å². The summed E-state index contributed by atoms with van der Waals surface area (Å²) in [5.74, 6) is 1.27. The zero-order valence-corrected chi connectivity index (χ0v) is 11.9. The van der Waals surface area contributed by atoms with Gasteiger partial charge in [0.25, 0.3) is 0 Å². The van der Waals surface area contributed by atoms with E-state index in [9.17, 15) is 4.79 Å². The molecule has 5 nitrogen and oxygen atoms in total. The van der Waals surface area contributed by atoms with Gasteiger partial charge >= 0.3 is 0 Å². The third kappa shape index (κ3) is 2.13. The molecule has 1 heterocycles. The van der Waals surface area contributed by atoms with E-state index >= 15 is 0 Å². The first-order chi connectivity index (χ1) is 9.38. The SMILES string of the molecule is CC(C)(Cn1c(C2CC2)nc2cc(N)ccc21)C(N)=O. The minimum Gasteiger partial charge on any atom is -0.399 e. The molecular formula is C15H20N4O. The predicted octanol–water partition coefficient (Wildman–Crippen LogP) is 2.01. The first-order valence-electron chi connectivity index (χ1n) is 6.94. The molecule has 1 saturated carbocycles. The van der Waals surface area contributed by atoms with Crippen LogP contribution >= 0.6 is 0 Å². The minimum atomic E-state index is -0.599. The number of rotatable bonds is 4. The smallest absolute Gasteiger partial charge is 0.224 e. The molecule has 0 aliphatic heterocycles. The van der Waals surface area contributed by atoms with Crippen molar-refractivity contribution in [3.8, 4) is 0 Å². The molecule has 20 heavy (non-hydrogen) atoms. The first-order valence-corrected chi connectivity index (χ1v) is 6.94.